The average molecular weight is 293 g/mol. The summed E-state index contributed by atoms with van der Waals surface area (Å²) in [4.78, 5) is 25.1. The lowest BCUT2D eigenvalue weighted by molar-refractivity contribution is -0.138. The van der Waals surface area contributed by atoms with Crippen LogP contribution in [-0.2, 0) is 16.1 Å². The van der Waals surface area contributed by atoms with Crippen molar-refractivity contribution >= 4 is 11.7 Å². The number of carboxylic acid groups (broad SMARTS) is 1. The highest BCUT2D eigenvalue weighted by atomic mass is 16.5. The van der Waals surface area contributed by atoms with E-state index in [1.165, 1.54) is 4.68 Å². The maximum absolute atomic E-state index is 12.2. The maximum Gasteiger partial charge on any atom is 0.303 e. The predicted octanol–water partition coefficient (Wildman–Crippen LogP) is 0.335. The molecule has 0 atom stereocenters. The number of carboxylic acids is 1. The van der Waals surface area contributed by atoms with Crippen molar-refractivity contribution in [1.82, 2.24) is 9.78 Å². The van der Waals surface area contributed by atoms with Gasteiger partial charge in [-0.2, -0.15) is 5.10 Å². The highest BCUT2D eigenvalue weighted by Gasteiger charge is 2.45. The smallest absolute Gasteiger partial charge is 0.303 e. The molecule has 7 heteroatoms. The minimum Gasteiger partial charge on any atom is -0.481 e. The summed E-state index contributed by atoms with van der Waals surface area (Å²) < 4.78 is 6.67. The van der Waals surface area contributed by atoms with Crippen molar-refractivity contribution in [2.24, 2.45) is 5.41 Å². The van der Waals surface area contributed by atoms with E-state index in [2.05, 4.69) is 10.00 Å². The standard InChI is InChI=1S/C14H19N3O4/c18-12-7-11(16-3-5-21-6-4-16)9-15-17(12)10-14(1-2-14)8-13(19)20/h7,9H,1-6,8,10H2,(H,19,20). The molecule has 1 aliphatic heterocycles. The molecule has 1 saturated carbocycles. The molecule has 21 heavy (non-hydrogen) atoms. The van der Waals surface area contributed by atoms with Crippen LogP contribution in [0, 0.1) is 5.41 Å². The summed E-state index contributed by atoms with van der Waals surface area (Å²) in [5.41, 5.74) is 0.363. The SMILES string of the molecule is O=C(O)CC1(Cn2ncc(N3CCOCC3)cc2=O)CC1. The molecular formula is C14H19N3O4. The largest absolute Gasteiger partial charge is 0.481 e. The second-order valence-corrected chi connectivity index (χ2v) is 5.88. The molecule has 1 aromatic heterocycles. The third kappa shape index (κ3) is 3.24. The van der Waals surface area contributed by atoms with Gasteiger partial charge < -0.3 is 14.7 Å². The van der Waals surface area contributed by atoms with Crippen LogP contribution in [0.2, 0.25) is 0 Å². The van der Waals surface area contributed by atoms with Gasteiger partial charge in [-0.25, -0.2) is 4.68 Å². The Balaban J connectivity index is 1.73. The van der Waals surface area contributed by atoms with Crippen LogP contribution in [-0.4, -0.2) is 47.2 Å². The number of anilines is 1. The summed E-state index contributed by atoms with van der Waals surface area (Å²) in [7, 11) is 0. The Morgan fingerprint density at radius 2 is 2.10 bits per heavy atom. The molecule has 0 radical (unpaired) electrons. The van der Waals surface area contributed by atoms with E-state index in [1.54, 1.807) is 12.3 Å². The van der Waals surface area contributed by atoms with Gasteiger partial charge in [0, 0.05) is 24.6 Å². The molecule has 0 spiro atoms. The molecule has 1 N–H and O–H groups in total. The van der Waals surface area contributed by atoms with Crippen LogP contribution < -0.4 is 10.5 Å². The Kier molecular flexibility index (Phi) is 3.67. The van der Waals surface area contributed by atoms with E-state index in [9.17, 15) is 9.59 Å². The molecule has 1 aliphatic carbocycles. The Hall–Kier alpha value is -1.89. The lowest BCUT2D eigenvalue weighted by Gasteiger charge is -2.28. The van der Waals surface area contributed by atoms with E-state index >= 15 is 0 Å². The lowest BCUT2D eigenvalue weighted by Crippen LogP contribution is -2.37. The van der Waals surface area contributed by atoms with Crippen molar-refractivity contribution in [2.75, 3.05) is 31.2 Å². The van der Waals surface area contributed by atoms with E-state index < -0.39 is 5.97 Å². The second kappa shape index (κ2) is 5.48. The van der Waals surface area contributed by atoms with Gasteiger partial charge in [0.1, 0.15) is 0 Å². The zero-order chi connectivity index (χ0) is 14.9. The van der Waals surface area contributed by atoms with Gasteiger partial charge in [-0.05, 0) is 12.8 Å². The molecule has 114 valence electrons. The van der Waals surface area contributed by atoms with Crippen LogP contribution in [0.15, 0.2) is 17.1 Å². The molecule has 2 aliphatic rings. The summed E-state index contributed by atoms with van der Waals surface area (Å²) in [5.74, 6) is -0.814. The number of hydrogen-bond donors (Lipinski definition) is 1. The van der Waals surface area contributed by atoms with Crippen molar-refractivity contribution in [3.8, 4) is 0 Å². The fourth-order valence-corrected chi connectivity index (χ4v) is 2.74. The fourth-order valence-electron chi connectivity index (χ4n) is 2.74. The summed E-state index contributed by atoms with van der Waals surface area (Å²) in [6.45, 7) is 3.22. The Labute approximate surface area is 122 Å². The molecular weight excluding hydrogens is 274 g/mol. The monoisotopic (exact) mass is 293 g/mol. The first-order valence-corrected chi connectivity index (χ1v) is 7.20. The molecule has 0 unspecified atom stereocenters. The van der Waals surface area contributed by atoms with Crippen molar-refractivity contribution < 1.29 is 14.6 Å². The van der Waals surface area contributed by atoms with E-state index in [4.69, 9.17) is 9.84 Å². The second-order valence-electron chi connectivity index (χ2n) is 5.88. The highest BCUT2D eigenvalue weighted by molar-refractivity contribution is 5.68. The Morgan fingerprint density at radius 3 is 2.67 bits per heavy atom. The van der Waals surface area contributed by atoms with Crippen LogP contribution >= 0.6 is 0 Å². The summed E-state index contributed by atoms with van der Waals surface area (Å²) in [6, 6.07) is 1.58. The quantitative estimate of drug-likeness (QED) is 0.842. The van der Waals surface area contributed by atoms with Gasteiger partial charge in [-0.3, -0.25) is 9.59 Å². The summed E-state index contributed by atoms with van der Waals surface area (Å²) in [5, 5.41) is 13.1. The van der Waals surface area contributed by atoms with Gasteiger partial charge in [-0.1, -0.05) is 0 Å². The number of aromatic nitrogens is 2. The summed E-state index contributed by atoms with van der Waals surface area (Å²) in [6.07, 6.45) is 3.48. The van der Waals surface area contributed by atoms with E-state index in [0.717, 1.165) is 31.6 Å². The molecule has 1 aromatic rings. The molecule has 0 bridgehead atoms. The minimum atomic E-state index is -0.814. The van der Waals surface area contributed by atoms with Gasteiger partial charge in [0.15, 0.2) is 0 Å². The summed E-state index contributed by atoms with van der Waals surface area (Å²) >= 11 is 0. The van der Waals surface area contributed by atoms with E-state index in [1.807, 2.05) is 0 Å². The van der Waals surface area contributed by atoms with Gasteiger partial charge in [0.2, 0.25) is 0 Å². The Morgan fingerprint density at radius 1 is 1.38 bits per heavy atom. The molecule has 2 heterocycles. The maximum atomic E-state index is 12.2. The molecule has 7 nitrogen and oxygen atoms in total. The average Bonchev–Trinajstić information content (AvgIpc) is 3.21. The topological polar surface area (TPSA) is 84.7 Å². The van der Waals surface area contributed by atoms with Crippen molar-refractivity contribution in [2.45, 2.75) is 25.8 Å². The number of hydrogen-bond acceptors (Lipinski definition) is 5. The van der Waals surface area contributed by atoms with Gasteiger partial charge in [-0.15, -0.1) is 0 Å². The third-order valence-corrected chi connectivity index (χ3v) is 4.20. The lowest BCUT2D eigenvalue weighted by atomic mass is 10.0. The number of rotatable bonds is 5. The first kappa shape index (κ1) is 14.1. The Bertz CT molecular complexity index is 588. The fraction of sp³-hybridized carbons (Fsp3) is 0.643. The molecule has 2 fully saturated rings. The van der Waals surface area contributed by atoms with Gasteiger partial charge >= 0.3 is 5.97 Å². The number of morpholine rings is 1. The first-order chi connectivity index (χ1) is 10.1. The number of nitrogens with zero attached hydrogens (tertiary/aromatic N) is 3. The van der Waals surface area contributed by atoms with Crippen molar-refractivity contribution in [3.63, 3.8) is 0 Å². The molecule has 3 rings (SSSR count). The van der Waals surface area contributed by atoms with Gasteiger partial charge in [0.05, 0.1) is 38.1 Å². The highest BCUT2D eigenvalue weighted by Crippen LogP contribution is 2.49. The van der Waals surface area contributed by atoms with E-state index in [0.29, 0.717) is 19.8 Å². The first-order valence-electron chi connectivity index (χ1n) is 7.20. The van der Waals surface area contributed by atoms with E-state index in [-0.39, 0.29) is 17.4 Å². The third-order valence-electron chi connectivity index (χ3n) is 4.20. The van der Waals surface area contributed by atoms with Crippen molar-refractivity contribution in [3.05, 3.63) is 22.6 Å². The van der Waals surface area contributed by atoms with Gasteiger partial charge in [0.25, 0.3) is 5.56 Å². The molecule has 0 aromatic carbocycles. The minimum absolute atomic E-state index is 0.104. The van der Waals surface area contributed by atoms with Crippen LogP contribution in [0.5, 0.6) is 0 Å². The van der Waals surface area contributed by atoms with Crippen molar-refractivity contribution in [1.29, 1.82) is 0 Å². The van der Waals surface area contributed by atoms with Crippen LogP contribution in [0.4, 0.5) is 5.69 Å². The number of ether oxygens (including phenoxy) is 1. The molecule has 1 saturated heterocycles. The zero-order valence-electron chi connectivity index (χ0n) is 11.8. The normalized spacial score (nSPS) is 20.3. The number of aliphatic carboxylic acids is 1. The van der Waals surface area contributed by atoms with Crippen LogP contribution in [0.3, 0.4) is 0 Å². The van der Waals surface area contributed by atoms with Crippen LogP contribution in [0.1, 0.15) is 19.3 Å². The molecule has 0 amide bonds. The zero-order valence-corrected chi connectivity index (χ0v) is 11.8. The number of carbonyl (C=O) groups is 1. The van der Waals surface area contributed by atoms with Crippen LogP contribution in [0.25, 0.3) is 0 Å². The predicted molar refractivity (Wildman–Crippen MR) is 75.4 cm³/mol.